The van der Waals surface area contributed by atoms with E-state index in [1.165, 1.54) is 22.5 Å². The first kappa shape index (κ1) is 23.9. The SMILES string of the molecule is CCOc1ccc(C2C3=C(N=c4sc(=Cc5cc(Br)ccc5OC)c(=O)n42)c2ccccc2CC3)cc1. The number of aryl methyl sites for hydroxylation is 1. The van der Waals surface area contributed by atoms with Gasteiger partial charge < -0.3 is 9.47 Å². The van der Waals surface area contributed by atoms with Crippen molar-refractivity contribution in [1.82, 2.24) is 4.57 Å². The highest BCUT2D eigenvalue weighted by Crippen LogP contribution is 2.41. The Balaban J connectivity index is 1.59. The maximum Gasteiger partial charge on any atom is 0.271 e. The predicted molar refractivity (Wildman–Crippen MR) is 151 cm³/mol. The van der Waals surface area contributed by atoms with Crippen molar-refractivity contribution in [2.45, 2.75) is 25.8 Å². The van der Waals surface area contributed by atoms with Crippen molar-refractivity contribution in [2.75, 3.05) is 13.7 Å². The number of thiazole rings is 1. The number of hydrogen-bond acceptors (Lipinski definition) is 5. The number of nitrogens with zero attached hydrogens (tertiary/aromatic N) is 2. The summed E-state index contributed by atoms with van der Waals surface area (Å²) >= 11 is 4.96. The van der Waals surface area contributed by atoms with Gasteiger partial charge in [-0.25, -0.2) is 4.99 Å². The Morgan fingerprint density at radius 2 is 1.92 bits per heavy atom. The van der Waals surface area contributed by atoms with Crippen molar-refractivity contribution >= 4 is 39.0 Å². The highest BCUT2D eigenvalue weighted by molar-refractivity contribution is 9.10. The zero-order valence-corrected chi connectivity index (χ0v) is 22.9. The van der Waals surface area contributed by atoms with Crippen LogP contribution in [0.2, 0.25) is 0 Å². The molecule has 1 aliphatic heterocycles. The number of aromatic nitrogens is 1. The molecule has 0 radical (unpaired) electrons. The summed E-state index contributed by atoms with van der Waals surface area (Å²) in [4.78, 5) is 19.8. The molecule has 4 aromatic rings. The molecule has 0 fully saturated rings. The van der Waals surface area contributed by atoms with E-state index in [-0.39, 0.29) is 11.6 Å². The van der Waals surface area contributed by atoms with Crippen LogP contribution in [0.3, 0.4) is 0 Å². The van der Waals surface area contributed by atoms with E-state index in [1.807, 2.05) is 47.9 Å². The standard InChI is InChI=1S/C30H25BrN2O3S/c1-3-36-22-12-8-19(9-13-22)28-24-14-10-18-6-4-5-7-23(18)27(24)32-30-33(28)29(34)26(37-30)17-20-16-21(31)11-15-25(20)35-2/h4-9,11-13,15-17,28H,3,10,14H2,1-2H3. The van der Waals surface area contributed by atoms with Crippen molar-refractivity contribution in [3.05, 3.63) is 119 Å². The van der Waals surface area contributed by atoms with Gasteiger partial charge in [-0.3, -0.25) is 9.36 Å². The van der Waals surface area contributed by atoms with Gasteiger partial charge in [-0.05, 0) is 72.9 Å². The number of benzene rings is 3. The second kappa shape index (κ2) is 9.80. The molecule has 1 aromatic heterocycles. The van der Waals surface area contributed by atoms with Crippen LogP contribution in [0, 0.1) is 0 Å². The van der Waals surface area contributed by atoms with E-state index in [0.717, 1.165) is 45.5 Å². The Bertz CT molecular complexity index is 1720. The van der Waals surface area contributed by atoms with E-state index in [9.17, 15) is 4.79 Å². The van der Waals surface area contributed by atoms with E-state index < -0.39 is 0 Å². The summed E-state index contributed by atoms with van der Waals surface area (Å²) in [6.07, 6.45) is 3.69. The Labute approximate surface area is 227 Å². The minimum atomic E-state index is -0.221. The lowest BCUT2D eigenvalue weighted by molar-refractivity contribution is 0.340. The van der Waals surface area contributed by atoms with Crippen LogP contribution >= 0.6 is 27.3 Å². The zero-order valence-electron chi connectivity index (χ0n) is 20.5. The minimum absolute atomic E-state index is 0.0462. The topological polar surface area (TPSA) is 52.8 Å². The summed E-state index contributed by atoms with van der Waals surface area (Å²) in [5.41, 5.74) is 6.48. The lowest BCUT2D eigenvalue weighted by Crippen LogP contribution is -2.38. The second-order valence-electron chi connectivity index (χ2n) is 9.00. The van der Waals surface area contributed by atoms with Gasteiger partial charge in [0, 0.05) is 15.6 Å². The summed E-state index contributed by atoms with van der Waals surface area (Å²) < 4.78 is 14.6. The lowest BCUT2D eigenvalue weighted by Gasteiger charge is -2.30. The smallest absolute Gasteiger partial charge is 0.271 e. The van der Waals surface area contributed by atoms with E-state index >= 15 is 0 Å². The molecule has 2 aliphatic rings. The van der Waals surface area contributed by atoms with E-state index in [1.54, 1.807) is 7.11 Å². The molecule has 0 N–H and O–H groups in total. The lowest BCUT2D eigenvalue weighted by atomic mass is 9.83. The predicted octanol–water partition coefficient (Wildman–Crippen LogP) is 5.49. The van der Waals surface area contributed by atoms with Crippen molar-refractivity contribution in [2.24, 2.45) is 4.99 Å². The van der Waals surface area contributed by atoms with Gasteiger partial charge in [-0.1, -0.05) is 63.7 Å². The molecule has 7 heteroatoms. The van der Waals surface area contributed by atoms with Crippen LogP contribution in [-0.2, 0) is 6.42 Å². The normalized spacial score (nSPS) is 16.5. The molecule has 0 amide bonds. The van der Waals surface area contributed by atoms with Crippen molar-refractivity contribution < 1.29 is 9.47 Å². The summed E-state index contributed by atoms with van der Waals surface area (Å²) in [7, 11) is 1.64. The number of ether oxygens (including phenoxy) is 2. The third-order valence-electron chi connectivity index (χ3n) is 6.86. The number of rotatable bonds is 5. The average molecular weight is 574 g/mol. The van der Waals surface area contributed by atoms with Crippen LogP contribution in [-0.4, -0.2) is 18.3 Å². The molecule has 2 heterocycles. The van der Waals surface area contributed by atoms with Gasteiger partial charge in [0.25, 0.3) is 5.56 Å². The number of methoxy groups -OCH3 is 1. The highest BCUT2D eigenvalue weighted by Gasteiger charge is 2.32. The first-order valence-corrected chi connectivity index (χ1v) is 13.9. The van der Waals surface area contributed by atoms with E-state index in [2.05, 4.69) is 52.3 Å². The third-order valence-corrected chi connectivity index (χ3v) is 8.33. The maximum atomic E-state index is 14.0. The number of allylic oxidation sites excluding steroid dienone is 1. The number of halogens is 1. The molecular formula is C30H25BrN2O3S. The van der Waals surface area contributed by atoms with Crippen molar-refractivity contribution in [3.8, 4) is 11.5 Å². The molecule has 6 rings (SSSR count). The van der Waals surface area contributed by atoms with E-state index in [4.69, 9.17) is 14.5 Å². The van der Waals surface area contributed by atoms with Gasteiger partial charge in [0.15, 0.2) is 4.80 Å². The Morgan fingerprint density at radius 1 is 1.11 bits per heavy atom. The first-order valence-electron chi connectivity index (χ1n) is 12.3. The third kappa shape index (κ3) is 4.26. The van der Waals surface area contributed by atoms with Crippen LogP contribution in [0.4, 0.5) is 0 Å². The monoisotopic (exact) mass is 572 g/mol. The molecule has 1 unspecified atom stereocenters. The van der Waals surface area contributed by atoms with Crippen LogP contribution in [0.5, 0.6) is 11.5 Å². The van der Waals surface area contributed by atoms with Gasteiger partial charge in [0.1, 0.15) is 11.5 Å². The second-order valence-corrected chi connectivity index (χ2v) is 10.9. The first-order chi connectivity index (χ1) is 18.1. The van der Waals surface area contributed by atoms with Gasteiger partial charge in [0.05, 0.1) is 30.0 Å². The fourth-order valence-electron chi connectivity index (χ4n) is 5.19. The van der Waals surface area contributed by atoms with Crippen LogP contribution in [0.25, 0.3) is 11.8 Å². The van der Waals surface area contributed by atoms with E-state index in [0.29, 0.717) is 21.7 Å². The molecule has 37 heavy (non-hydrogen) atoms. The average Bonchev–Trinajstić information content (AvgIpc) is 3.22. The quantitative estimate of drug-likeness (QED) is 0.318. The number of fused-ring (bicyclic) bond motifs is 3. The molecule has 5 nitrogen and oxygen atoms in total. The summed E-state index contributed by atoms with van der Waals surface area (Å²) in [6.45, 7) is 2.59. The molecule has 0 saturated carbocycles. The molecule has 0 bridgehead atoms. The molecule has 1 atom stereocenters. The molecule has 0 spiro atoms. The summed E-state index contributed by atoms with van der Waals surface area (Å²) in [6, 6.07) is 22.1. The van der Waals surface area contributed by atoms with Crippen LogP contribution in [0.15, 0.2) is 86.6 Å². The summed E-state index contributed by atoms with van der Waals surface area (Å²) in [5.74, 6) is 1.54. The van der Waals surface area contributed by atoms with Crippen LogP contribution < -0.4 is 24.4 Å². The molecule has 3 aromatic carbocycles. The van der Waals surface area contributed by atoms with Gasteiger partial charge in [-0.2, -0.15) is 0 Å². The van der Waals surface area contributed by atoms with Crippen LogP contribution in [0.1, 0.15) is 41.6 Å². The number of hydrogen-bond donors (Lipinski definition) is 0. The molecule has 186 valence electrons. The Morgan fingerprint density at radius 3 is 2.70 bits per heavy atom. The zero-order chi connectivity index (χ0) is 25.5. The highest BCUT2D eigenvalue weighted by atomic mass is 79.9. The molecule has 0 saturated heterocycles. The fourth-order valence-corrected chi connectivity index (χ4v) is 6.57. The minimum Gasteiger partial charge on any atom is -0.496 e. The van der Waals surface area contributed by atoms with Crippen molar-refractivity contribution in [3.63, 3.8) is 0 Å². The Kier molecular flexibility index (Phi) is 6.34. The van der Waals surface area contributed by atoms with Crippen molar-refractivity contribution in [1.29, 1.82) is 0 Å². The maximum absolute atomic E-state index is 14.0. The fraction of sp³-hybridized carbons (Fsp3) is 0.200. The van der Waals surface area contributed by atoms with Gasteiger partial charge in [-0.15, -0.1) is 0 Å². The summed E-state index contributed by atoms with van der Waals surface area (Å²) in [5, 5.41) is 0. The largest absolute Gasteiger partial charge is 0.496 e. The molecule has 1 aliphatic carbocycles. The Hall–Kier alpha value is -3.42. The molecular weight excluding hydrogens is 548 g/mol. The van der Waals surface area contributed by atoms with Gasteiger partial charge in [0.2, 0.25) is 0 Å². The van der Waals surface area contributed by atoms with Gasteiger partial charge >= 0.3 is 0 Å².